The summed E-state index contributed by atoms with van der Waals surface area (Å²) >= 11 is 0. The molecule has 0 spiro atoms. The van der Waals surface area contributed by atoms with Crippen molar-refractivity contribution in [3.05, 3.63) is 40.8 Å². The molecule has 2 rings (SSSR count). The van der Waals surface area contributed by atoms with Crippen LogP contribution in [0.2, 0.25) is 0 Å². The number of rotatable bonds is 4. The number of benzene rings is 1. The zero-order valence-corrected chi connectivity index (χ0v) is 12.1. The van der Waals surface area contributed by atoms with Gasteiger partial charge in [-0.2, -0.15) is 0 Å². The number of hydrogen-bond donors (Lipinski definition) is 2. The lowest BCUT2D eigenvalue weighted by molar-refractivity contribution is 0.392. The summed E-state index contributed by atoms with van der Waals surface area (Å²) in [5.41, 5.74) is 5.89. The first kappa shape index (κ1) is 15.4. The number of hydrogen-bond acceptors (Lipinski definition) is 5. The first-order valence-corrected chi connectivity index (χ1v) is 7.36. The Morgan fingerprint density at radius 3 is 2.52 bits per heavy atom. The molecule has 0 amide bonds. The van der Waals surface area contributed by atoms with Crippen molar-refractivity contribution in [1.82, 2.24) is 9.88 Å². The van der Waals surface area contributed by atoms with Gasteiger partial charge in [0.1, 0.15) is 22.3 Å². The molecule has 0 fully saturated rings. The standard InChI is InChI=1S/C12H13F2N3O3S/c1-6-8(7(2)20-17-6)5-16-21(18,19)12-4-11(15)9(13)3-10(12)14/h3-4,16H,5,15H2,1-2H3. The molecule has 0 bridgehead atoms. The van der Waals surface area contributed by atoms with E-state index in [9.17, 15) is 17.2 Å². The fourth-order valence-electron chi connectivity index (χ4n) is 1.75. The van der Waals surface area contributed by atoms with E-state index in [2.05, 4.69) is 9.88 Å². The molecule has 0 unspecified atom stereocenters. The van der Waals surface area contributed by atoms with Gasteiger partial charge in [0.15, 0.2) is 0 Å². The molecule has 2 aromatic rings. The lowest BCUT2D eigenvalue weighted by Crippen LogP contribution is -2.25. The van der Waals surface area contributed by atoms with Crippen molar-refractivity contribution >= 4 is 15.7 Å². The molecule has 6 nitrogen and oxygen atoms in total. The Labute approximate surface area is 120 Å². The number of nitrogens with one attached hydrogen (secondary N) is 1. The first-order valence-electron chi connectivity index (χ1n) is 5.88. The Hall–Kier alpha value is -2.00. The smallest absolute Gasteiger partial charge is 0.243 e. The molecule has 3 N–H and O–H groups in total. The lowest BCUT2D eigenvalue weighted by Gasteiger charge is -2.08. The molecule has 1 aromatic carbocycles. The van der Waals surface area contributed by atoms with Crippen LogP contribution in [0.4, 0.5) is 14.5 Å². The Balaban J connectivity index is 2.29. The maximum atomic E-state index is 13.6. The normalized spacial score (nSPS) is 11.8. The van der Waals surface area contributed by atoms with Gasteiger partial charge in [0.25, 0.3) is 0 Å². The van der Waals surface area contributed by atoms with Crippen LogP contribution in [0.3, 0.4) is 0 Å². The molecule has 1 heterocycles. The number of aromatic nitrogens is 1. The van der Waals surface area contributed by atoms with E-state index in [4.69, 9.17) is 10.3 Å². The van der Waals surface area contributed by atoms with Gasteiger partial charge in [0, 0.05) is 18.2 Å². The molecule has 0 atom stereocenters. The van der Waals surface area contributed by atoms with Crippen molar-refractivity contribution in [3.63, 3.8) is 0 Å². The number of sulfonamides is 1. The molecular weight excluding hydrogens is 304 g/mol. The monoisotopic (exact) mass is 317 g/mol. The van der Waals surface area contributed by atoms with Crippen LogP contribution in [0.5, 0.6) is 0 Å². The van der Waals surface area contributed by atoms with Crippen LogP contribution in [-0.2, 0) is 16.6 Å². The van der Waals surface area contributed by atoms with Gasteiger partial charge in [0.2, 0.25) is 10.0 Å². The summed E-state index contributed by atoms with van der Waals surface area (Å²) in [5.74, 6) is -1.78. The van der Waals surface area contributed by atoms with Crippen molar-refractivity contribution in [3.8, 4) is 0 Å². The highest BCUT2D eigenvalue weighted by Crippen LogP contribution is 2.21. The van der Waals surface area contributed by atoms with Crippen molar-refractivity contribution < 1.29 is 21.7 Å². The second kappa shape index (κ2) is 5.41. The first-order chi connectivity index (χ1) is 9.72. The van der Waals surface area contributed by atoms with E-state index in [1.54, 1.807) is 13.8 Å². The fraction of sp³-hybridized carbons (Fsp3) is 0.250. The van der Waals surface area contributed by atoms with Crippen molar-refractivity contribution in [2.45, 2.75) is 25.3 Å². The van der Waals surface area contributed by atoms with Crippen LogP contribution >= 0.6 is 0 Å². The number of nitrogens with two attached hydrogens (primary N) is 1. The van der Waals surface area contributed by atoms with Crippen LogP contribution in [0, 0.1) is 25.5 Å². The van der Waals surface area contributed by atoms with Gasteiger partial charge >= 0.3 is 0 Å². The Bertz CT molecular complexity index is 768. The number of anilines is 1. The molecule has 9 heteroatoms. The fourth-order valence-corrected chi connectivity index (χ4v) is 2.84. The highest BCUT2D eigenvalue weighted by Gasteiger charge is 2.22. The quantitative estimate of drug-likeness (QED) is 0.835. The minimum Gasteiger partial charge on any atom is -0.396 e. The van der Waals surface area contributed by atoms with E-state index in [1.165, 1.54) is 0 Å². The summed E-state index contributed by atoms with van der Waals surface area (Å²) in [6.07, 6.45) is 0. The Kier molecular flexibility index (Phi) is 3.97. The zero-order valence-electron chi connectivity index (χ0n) is 11.3. The number of aryl methyl sites for hydroxylation is 2. The minimum absolute atomic E-state index is 0.125. The summed E-state index contributed by atoms with van der Waals surface area (Å²) in [5, 5.41) is 3.68. The third-order valence-corrected chi connectivity index (χ3v) is 4.38. The lowest BCUT2D eigenvalue weighted by atomic mass is 10.2. The van der Waals surface area contributed by atoms with E-state index in [-0.39, 0.29) is 6.54 Å². The Morgan fingerprint density at radius 2 is 1.95 bits per heavy atom. The van der Waals surface area contributed by atoms with E-state index in [0.29, 0.717) is 23.1 Å². The maximum absolute atomic E-state index is 13.6. The van der Waals surface area contributed by atoms with E-state index >= 15 is 0 Å². The molecule has 0 aliphatic carbocycles. The summed E-state index contributed by atoms with van der Waals surface area (Å²) in [6, 6.07) is 1.17. The van der Waals surface area contributed by atoms with E-state index < -0.39 is 32.2 Å². The van der Waals surface area contributed by atoms with Crippen LogP contribution in [0.15, 0.2) is 21.6 Å². The maximum Gasteiger partial charge on any atom is 0.243 e. The van der Waals surface area contributed by atoms with Crippen molar-refractivity contribution in [2.75, 3.05) is 5.73 Å². The van der Waals surface area contributed by atoms with Gasteiger partial charge in [-0.3, -0.25) is 0 Å². The number of halogens is 2. The third-order valence-electron chi connectivity index (χ3n) is 2.96. The van der Waals surface area contributed by atoms with Crippen molar-refractivity contribution in [1.29, 1.82) is 0 Å². The molecule has 0 saturated carbocycles. The van der Waals surface area contributed by atoms with Gasteiger partial charge in [-0.25, -0.2) is 21.9 Å². The highest BCUT2D eigenvalue weighted by molar-refractivity contribution is 7.89. The Morgan fingerprint density at radius 1 is 1.29 bits per heavy atom. The number of nitrogens with zero attached hydrogens (tertiary/aromatic N) is 1. The van der Waals surface area contributed by atoms with Crippen LogP contribution in [0.25, 0.3) is 0 Å². The second-order valence-corrected chi connectivity index (χ2v) is 6.17. The summed E-state index contributed by atoms with van der Waals surface area (Å²) < 4.78 is 57.9. The topological polar surface area (TPSA) is 98.2 Å². The van der Waals surface area contributed by atoms with Crippen LogP contribution in [-0.4, -0.2) is 13.6 Å². The second-order valence-electron chi connectivity index (χ2n) is 4.43. The average Bonchev–Trinajstić information content (AvgIpc) is 2.71. The molecule has 114 valence electrons. The molecule has 0 aliphatic rings. The van der Waals surface area contributed by atoms with Gasteiger partial charge in [-0.1, -0.05) is 5.16 Å². The largest absolute Gasteiger partial charge is 0.396 e. The summed E-state index contributed by atoms with van der Waals surface area (Å²) in [6.45, 7) is 3.15. The van der Waals surface area contributed by atoms with Crippen LogP contribution in [0.1, 0.15) is 17.0 Å². The molecule has 0 saturated heterocycles. The van der Waals surface area contributed by atoms with Gasteiger partial charge in [-0.15, -0.1) is 0 Å². The third kappa shape index (κ3) is 3.03. The van der Waals surface area contributed by atoms with Gasteiger partial charge in [-0.05, 0) is 19.9 Å². The average molecular weight is 317 g/mol. The molecule has 21 heavy (non-hydrogen) atoms. The van der Waals surface area contributed by atoms with Gasteiger partial charge in [0.05, 0.1) is 11.4 Å². The zero-order chi connectivity index (χ0) is 15.8. The highest BCUT2D eigenvalue weighted by atomic mass is 32.2. The SMILES string of the molecule is Cc1noc(C)c1CNS(=O)(=O)c1cc(N)c(F)cc1F. The predicted molar refractivity (Wildman–Crippen MR) is 70.8 cm³/mol. The minimum atomic E-state index is -4.18. The van der Waals surface area contributed by atoms with E-state index in [1.807, 2.05) is 0 Å². The number of nitrogen functional groups attached to an aromatic ring is 1. The molecular formula is C12H13F2N3O3S. The molecule has 1 aromatic heterocycles. The van der Waals surface area contributed by atoms with Crippen LogP contribution < -0.4 is 10.5 Å². The van der Waals surface area contributed by atoms with Crippen molar-refractivity contribution in [2.24, 2.45) is 0 Å². The molecule has 0 radical (unpaired) electrons. The predicted octanol–water partition coefficient (Wildman–Crippen LogP) is 1.63. The summed E-state index contributed by atoms with van der Waals surface area (Å²) in [4.78, 5) is -0.715. The molecule has 0 aliphatic heterocycles. The summed E-state index contributed by atoms with van der Waals surface area (Å²) in [7, 11) is -4.18. The van der Waals surface area contributed by atoms with E-state index in [0.717, 1.165) is 6.07 Å². The van der Waals surface area contributed by atoms with Gasteiger partial charge < -0.3 is 10.3 Å².